The number of nitro benzene ring substituents is 1. The molecule has 0 aliphatic carbocycles. The van der Waals surface area contributed by atoms with Gasteiger partial charge in [-0.25, -0.2) is 0 Å². The molecule has 0 aromatic heterocycles. The highest BCUT2D eigenvalue weighted by Gasteiger charge is 2.12. The molecule has 1 saturated heterocycles. The molecule has 1 aliphatic heterocycles. The number of non-ortho nitro benzene ring substituents is 1. The Labute approximate surface area is 136 Å². The standard InChI is InChI=1S/C15H21N3O3.ClH/c19-15(13-6-5-7-14(12-13)18(20)21)16-8-1-2-9-17-10-3-4-11-17;/h5-7,12H,1-4,8-11H2,(H,16,19);1H. The van der Waals surface area contributed by atoms with Crippen LogP contribution in [0, 0.1) is 10.1 Å². The Morgan fingerprint density at radius 2 is 2.00 bits per heavy atom. The fourth-order valence-electron chi connectivity index (χ4n) is 2.53. The second-order valence-electron chi connectivity index (χ2n) is 5.32. The Hall–Kier alpha value is -1.66. The molecule has 0 unspecified atom stereocenters. The average Bonchev–Trinajstić information content (AvgIpc) is 3.00. The van der Waals surface area contributed by atoms with Crippen LogP contribution in [0.15, 0.2) is 24.3 Å². The lowest BCUT2D eigenvalue weighted by atomic mass is 10.2. The molecular formula is C15H22ClN3O3. The maximum absolute atomic E-state index is 11.9. The van der Waals surface area contributed by atoms with E-state index in [-0.39, 0.29) is 24.0 Å². The normalized spacial score (nSPS) is 14.4. The smallest absolute Gasteiger partial charge is 0.270 e. The number of nitrogens with one attached hydrogen (secondary N) is 1. The average molecular weight is 328 g/mol. The van der Waals surface area contributed by atoms with Crippen LogP contribution in [-0.2, 0) is 0 Å². The largest absolute Gasteiger partial charge is 0.352 e. The summed E-state index contributed by atoms with van der Waals surface area (Å²) < 4.78 is 0. The monoisotopic (exact) mass is 327 g/mol. The van der Waals surface area contributed by atoms with Crippen molar-refractivity contribution in [3.63, 3.8) is 0 Å². The summed E-state index contributed by atoms with van der Waals surface area (Å²) in [6.07, 6.45) is 4.58. The Kier molecular flexibility index (Phi) is 7.84. The van der Waals surface area contributed by atoms with E-state index in [0.717, 1.165) is 19.4 Å². The molecule has 0 bridgehead atoms. The van der Waals surface area contributed by atoms with E-state index in [1.165, 1.54) is 44.1 Å². The van der Waals surface area contributed by atoms with E-state index in [1.54, 1.807) is 6.07 Å². The first-order valence-corrected chi connectivity index (χ1v) is 7.42. The third-order valence-corrected chi connectivity index (χ3v) is 3.70. The van der Waals surface area contributed by atoms with Gasteiger partial charge in [0.25, 0.3) is 11.6 Å². The van der Waals surface area contributed by atoms with Gasteiger partial charge in [0, 0.05) is 24.2 Å². The van der Waals surface area contributed by atoms with Crippen LogP contribution in [-0.4, -0.2) is 41.9 Å². The number of rotatable bonds is 7. The second kappa shape index (κ2) is 9.38. The number of amides is 1. The summed E-state index contributed by atoms with van der Waals surface area (Å²) in [6, 6.07) is 5.80. The van der Waals surface area contributed by atoms with Gasteiger partial charge in [-0.1, -0.05) is 6.07 Å². The lowest BCUT2D eigenvalue weighted by Gasteiger charge is -2.14. The number of hydrogen-bond donors (Lipinski definition) is 1. The number of unbranched alkanes of at least 4 members (excludes halogenated alkanes) is 1. The van der Waals surface area contributed by atoms with Crippen LogP contribution in [0.25, 0.3) is 0 Å². The number of nitro groups is 1. The topological polar surface area (TPSA) is 75.5 Å². The van der Waals surface area contributed by atoms with Crippen LogP contribution in [0.2, 0.25) is 0 Å². The number of hydrogen-bond acceptors (Lipinski definition) is 4. The van der Waals surface area contributed by atoms with Crippen molar-refractivity contribution in [1.29, 1.82) is 0 Å². The van der Waals surface area contributed by atoms with Gasteiger partial charge in [0.15, 0.2) is 0 Å². The molecule has 1 aromatic rings. The minimum atomic E-state index is -0.493. The zero-order valence-corrected chi connectivity index (χ0v) is 13.3. The van der Waals surface area contributed by atoms with Crippen molar-refractivity contribution in [2.75, 3.05) is 26.2 Å². The van der Waals surface area contributed by atoms with Gasteiger partial charge in [-0.2, -0.15) is 0 Å². The van der Waals surface area contributed by atoms with Crippen LogP contribution in [0.3, 0.4) is 0 Å². The van der Waals surface area contributed by atoms with E-state index in [9.17, 15) is 14.9 Å². The summed E-state index contributed by atoms with van der Waals surface area (Å²) >= 11 is 0. The molecule has 22 heavy (non-hydrogen) atoms. The number of carbonyl (C=O) groups is 1. The van der Waals surface area contributed by atoms with Gasteiger partial charge in [-0.3, -0.25) is 14.9 Å². The highest BCUT2D eigenvalue weighted by atomic mass is 35.5. The Morgan fingerprint density at radius 1 is 1.27 bits per heavy atom. The third-order valence-electron chi connectivity index (χ3n) is 3.70. The molecule has 0 saturated carbocycles. The van der Waals surface area contributed by atoms with E-state index in [1.807, 2.05) is 0 Å². The van der Waals surface area contributed by atoms with E-state index >= 15 is 0 Å². The van der Waals surface area contributed by atoms with Crippen LogP contribution in [0.1, 0.15) is 36.0 Å². The van der Waals surface area contributed by atoms with Crippen molar-refractivity contribution in [2.45, 2.75) is 25.7 Å². The summed E-state index contributed by atoms with van der Waals surface area (Å²) in [7, 11) is 0. The molecule has 0 radical (unpaired) electrons. The molecule has 122 valence electrons. The van der Waals surface area contributed by atoms with E-state index in [4.69, 9.17) is 0 Å². The first-order chi connectivity index (χ1) is 10.2. The van der Waals surface area contributed by atoms with Crippen molar-refractivity contribution in [2.24, 2.45) is 0 Å². The molecule has 1 heterocycles. The highest BCUT2D eigenvalue weighted by Crippen LogP contribution is 2.13. The van der Waals surface area contributed by atoms with E-state index in [2.05, 4.69) is 10.2 Å². The lowest BCUT2D eigenvalue weighted by molar-refractivity contribution is -0.384. The quantitative estimate of drug-likeness (QED) is 0.474. The molecule has 1 aliphatic rings. The molecule has 7 heteroatoms. The van der Waals surface area contributed by atoms with E-state index in [0.29, 0.717) is 12.1 Å². The molecule has 6 nitrogen and oxygen atoms in total. The SMILES string of the molecule is Cl.O=C(NCCCCN1CCCC1)c1cccc([N+](=O)[O-])c1. The summed E-state index contributed by atoms with van der Waals surface area (Å²) in [5.41, 5.74) is 0.278. The summed E-state index contributed by atoms with van der Waals surface area (Å²) in [5.74, 6) is -0.250. The van der Waals surface area contributed by atoms with E-state index < -0.39 is 4.92 Å². The summed E-state index contributed by atoms with van der Waals surface area (Å²) in [4.78, 5) is 24.5. The minimum Gasteiger partial charge on any atom is -0.352 e. The number of nitrogens with zero attached hydrogens (tertiary/aromatic N) is 2. The highest BCUT2D eigenvalue weighted by molar-refractivity contribution is 5.94. The van der Waals surface area contributed by atoms with Gasteiger partial charge in [0.05, 0.1) is 4.92 Å². The van der Waals surface area contributed by atoms with Crippen LogP contribution >= 0.6 is 12.4 Å². The molecule has 1 amide bonds. The van der Waals surface area contributed by atoms with Crippen molar-refractivity contribution < 1.29 is 9.72 Å². The lowest BCUT2D eigenvalue weighted by Crippen LogP contribution is -2.26. The Balaban J connectivity index is 0.00000242. The Bertz CT molecular complexity index is 505. The van der Waals surface area contributed by atoms with Gasteiger partial charge in [-0.05, 0) is 51.4 Å². The predicted molar refractivity (Wildman–Crippen MR) is 87.6 cm³/mol. The van der Waals surface area contributed by atoms with Crippen LogP contribution in [0.4, 0.5) is 5.69 Å². The fourth-order valence-corrected chi connectivity index (χ4v) is 2.53. The van der Waals surface area contributed by atoms with Gasteiger partial charge in [0.1, 0.15) is 0 Å². The zero-order chi connectivity index (χ0) is 15.1. The number of carbonyl (C=O) groups excluding carboxylic acids is 1. The fraction of sp³-hybridized carbons (Fsp3) is 0.533. The molecule has 1 aromatic carbocycles. The second-order valence-corrected chi connectivity index (χ2v) is 5.32. The van der Waals surface area contributed by atoms with Crippen molar-refractivity contribution >= 4 is 24.0 Å². The molecule has 0 spiro atoms. The number of benzene rings is 1. The van der Waals surface area contributed by atoms with Gasteiger partial charge < -0.3 is 10.2 Å². The number of halogens is 1. The summed E-state index contributed by atoms with van der Waals surface area (Å²) in [5, 5.41) is 13.5. The van der Waals surface area contributed by atoms with Gasteiger partial charge in [0.2, 0.25) is 0 Å². The maximum atomic E-state index is 11.9. The zero-order valence-electron chi connectivity index (χ0n) is 12.5. The van der Waals surface area contributed by atoms with Crippen molar-refractivity contribution in [3.05, 3.63) is 39.9 Å². The van der Waals surface area contributed by atoms with Crippen LogP contribution in [0.5, 0.6) is 0 Å². The third kappa shape index (κ3) is 5.61. The number of likely N-dealkylation sites (tertiary alicyclic amines) is 1. The van der Waals surface area contributed by atoms with Crippen LogP contribution < -0.4 is 5.32 Å². The van der Waals surface area contributed by atoms with Crippen molar-refractivity contribution in [3.8, 4) is 0 Å². The molecule has 1 fully saturated rings. The minimum absolute atomic E-state index is 0. The Morgan fingerprint density at radius 3 is 2.68 bits per heavy atom. The van der Waals surface area contributed by atoms with Crippen molar-refractivity contribution in [1.82, 2.24) is 10.2 Å². The van der Waals surface area contributed by atoms with Gasteiger partial charge >= 0.3 is 0 Å². The first kappa shape index (κ1) is 18.4. The molecular weight excluding hydrogens is 306 g/mol. The first-order valence-electron chi connectivity index (χ1n) is 7.42. The van der Waals surface area contributed by atoms with Gasteiger partial charge in [-0.15, -0.1) is 12.4 Å². The predicted octanol–water partition coefficient (Wildman–Crippen LogP) is 2.62. The molecule has 0 atom stereocenters. The molecule has 1 N–H and O–H groups in total. The summed E-state index contributed by atoms with van der Waals surface area (Å²) in [6.45, 7) is 4.09. The molecule has 2 rings (SSSR count). The maximum Gasteiger partial charge on any atom is 0.270 e.